The first kappa shape index (κ1) is 17.9. The van der Waals surface area contributed by atoms with Gasteiger partial charge in [-0.1, -0.05) is 18.2 Å². The first-order valence-electron chi connectivity index (χ1n) is 7.96. The van der Waals surface area contributed by atoms with Gasteiger partial charge in [0.25, 0.3) is 11.8 Å². The SMILES string of the molecule is Cc1cc(NC(=O)c2ccc([N+](=O)[O-])o2)ccc1NC(=O)c1ccccc1. The summed E-state index contributed by atoms with van der Waals surface area (Å²) in [5, 5.41) is 16.0. The molecule has 2 amide bonds. The lowest BCUT2D eigenvalue weighted by Gasteiger charge is -2.11. The lowest BCUT2D eigenvalue weighted by Crippen LogP contribution is -2.14. The van der Waals surface area contributed by atoms with E-state index in [0.29, 0.717) is 16.9 Å². The van der Waals surface area contributed by atoms with Crippen molar-refractivity contribution in [1.82, 2.24) is 0 Å². The lowest BCUT2D eigenvalue weighted by atomic mass is 10.1. The normalized spacial score (nSPS) is 10.3. The van der Waals surface area contributed by atoms with Crippen LogP contribution in [0.2, 0.25) is 0 Å². The first-order chi connectivity index (χ1) is 12.9. The summed E-state index contributed by atoms with van der Waals surface area (Å²) in [7, 11) is 0. The van der Waals surface area contributed by atoms with E-state index in [0.717, 1.165) is 11.6 Å². The van der Waals surface area contributed by atoms with Gasteiger partial charge >= 0.3 is 5.88 Å². The average Bonchev–Trinajstić information content (AvgIpc) is 3.15. The molecular weight excluding hydrogens is 350 g/mol. The fraction of sp³-hybridized carbons (Fsp3) is 0.0526. The Morgan fingerprint density at radius 3 is 2.33 bits per heavy atom. The topological polar surface area (TPSA) is 114 Å². The minimum atomic E-state index is -0.717. The number of anilines is 2. The molecule has 136 valence electrons. The maximum Gasteiger partial charge on any atom is 0.433 e. The van der Waals surface area contributed by atoms with Gasteiger partial charge in [0.2, 0.25) is 0 Å². The summed E-state index contributed by atoms with van der Waals surface area (Å²) in [6.45, 7) is 1.79. The van der Waals surface area contributed by atoms with E-state index in [1.54, 1.807) is 49.4 Å². The molecule has 0 aliphatic carbocycles. The average molecular weight is 365 g/mol. The zero-order valence-electron chi connectivity index (χ0n) is 14.3. The van der Waals surface area contributed by atoms with Crippen molar-refractivity contribution in [3.8, 4) is 0 Å². The monoisotopic (exact) mass is 365 g/mol. The molecule has 27 heavy (non-hydrogen) atoms. The van der Waals surface area contributed by atoms with Crippen LogP contribution < -0.4 is 10.6 Å². The first-order valence-corrected chi connectivity index (χ1v) is 7.96. The Morgan fingerprint density at radius 2 is 1.70 bits per heavy atom. The molecule has 0 radical (unpaired) electrons. The Labute approximate surface area is 154 Å². The Bertz CT molecular complexity index is 1010. The van der Waals surface area contributed by atoms with Crippen LogP contribution >= 0.6 is 0 Å². The molecule has 0 aliphatic rings. The molecule has 3 rings (SSSR count). The van der Waals surface area contributed by atoms with Gasteiger partial charge in [0, 0.05) is 16.9 Å². The van der Waals surface area contributed by atoms with Crippen LogP contribution in [0.5, 0.6) is 0 Å². The minimum absolute atomic E-state index is 0.166. The molecule has 8 nitrogen and oxygen atoms in total. The largest absolute Gasteiger partial charge is 0.433 e. The van der Waals surface area contributed by atoms with Gasteiger partial charge in [-0.25, -0.2) is 0 Å². The van der Waals surface area contributed by atoms with Gasteiger partial charge in [0.15, 0.2) is 5.76 Å². The number of nitro groups is 1. The van der Waals surface area contributed by atoms with Crippen LogP contribution in [-0.4, -0.2) is 16.7 Å². The van der Waals surface area contributed by atoms with E-state index in [1.807, 2.05) is 6.07 Å². The van der Waals surface area contributed by atoms with E-state index in [4.69, 9.17) is 4.42 Å². The van der Waals surface area contributed by atoms with Gasteiger partial charge in [-0.15, -0.1) is 0 Å². The van der Waals surface area contributed by atoms with Crippen LogP contribution in [0.4, 0.5) is 17.3 Å². The molecule has 0 spiro atoms. The fourth-order valence-corrected chi connectivity index (χ4v) is 2.41. The maximum atomic E-state index is 12.2. The Morgan fingerprint density at radius 1 is 0.963 bits per heavy atom. The van der Waals surface area contributed by atoms with E-state index in [-0.39, 0.29) is 11.7 Å². The highest BCUT2D eigenvalue weighted by Gasteiger charge is 2.17. The van der Waals surface area contributed by atoms with Gasteiger partial charge in [-0.05, 0) is 48.9 Å². The molecule has 0 bridgehead atoms. The van der Waals surface area contributed by atoms with Gasteiger partial charge in [-0.3, -0.25) is 19.7 Å². The summed E-state index contributed by atoms with van der Waals surface area (Å²) in [4.78, 5) is 34.2. The van der Waals surface area contributed by atoms with Crippen LogP contribution in [0.25, 0.3) is 0 Å². The Balaban J connectivity index is 1.69. The summed E-state index contributed by atoms with van der Waals surface area (Å²) in [5.41, 5.74) is 2.35. The number of amides is 2. The summed E-state index contributed by atoms with van der Waals surface area (Å²) in [6, 6.07) is 16.1. The van der Waals surface area contributed by atoms with Gasteiger partial charge in [0.05, 0.1) is 6.07 Å². The Kier molecular flexibility index (Phi) is 4.98. The predicted molar refractivity (Wildman–Crippen MR) is 98.9 cm³/mol. The second kappa shape index (κ2) is 7.52. The van der Waals surface area contributed by atoms with Crippen molar-refractivity contribution >= 4 is 29.1 Å². The molecule has 0 aliphatic heterocycles. The molecule has 1 aromatic heterocycles. The van der Waals surface area contributed by atoms with Crippen molar-refractivity contribution in [3.63, 3.8) is 0 Å². The van der Waals surface area contributed by atoms with E-state index in [9.17, 15) is 19.7 Å². The third-order valence-corrected chi connectivity index (χ3v) is 3.76. The predicted octanol–water partition coefficient (Wildman–Crippen LogP) is 4.00. The number of carbonyl (C=O) groups is 2. The molecule has 2 N–H and O–H groups in total. The highest BCUT2D eigenvalue weighted by molar-refractivity contribution is 6.05. The molecule has 3 aromatic rings. The van der Waals surface area contributed by atoms with Gasteiger partial charge in [0.1, 0.15) is 4.92 Å². The molecule has 0 fully saturated rings. The van der Waals surface area contributed by atoms with Crippen LogP contribution in [0.1, 0.15) is 26.5 Å². The van der Waals surface area contributed by atoms with Crippen molar-refractivity contribution in [1.29, 1.82) is 0 Å². The molecule has 0 unspecified atom stereocenters. The summed E-state index contributed by atoms with van der Waals surface area (Å²) in [5.74, 6) is -1.52. The zero-order chi connectivity index (χ0) is 19.4. The lowest BCUT2D eigenvalue weighted by molar-refractivity contribution is -0.402. The summed E-state index contributed by atoms with van der Waals surface area (Å²) >= 11 is 0. The van der Waals surface area contributed by atoms with Crippen molar-refractivity contribution in [2.24, 2.45) is 0 Å². The molecule has 1 heterocycles. The third kappa shape index (κ3) is 4.18. The Hall–Kier alpha value is -3.94. The number of nitrogens with zero attached hydrogens (tertiary/aromatic N) is 1. The molecule has 8 heteroatoms. The number of hydrogen-bond donors (Lipinski definition) is 2. The number of aryl methyl sites for hydroxylation is 1. The van der Waals surface area contributed by atoms with Crippen molar-refractivity contribution < 1.29 is 18.9 Å². The second-order valence-corrected chi connectivity index (χ2v) is 5.70. The number of nitrogens with one attached hydrogen (secondary N) is 2. The van der Waals surface area contributed by atoms with Gasteiger partial charge in [-0.2, -0.15) is 0 Å². The van der Waals surface area contributed by atoms with Gasteiger partial charge < -0.3 is 15.1 Å². The molecule has 0 saturated carbocycles. The number of benzene rings is 2. The number of furan rings is 1. The van der Waals surface area contributed by atoms with E-state index in [1.165, 1.54) is 6.07 Å². The number of carbonyl (C=O) groups excluding carboxylic acids is 2. The summed E-state index contributed by atoms with van der Waals surface area (Å²) < 4.78 is 4.87. The minimum Gasteiger partial charge on any atom is -0.395 e. The smallest absolute Gasteiger partial charge is 0.395 e. The molecule has 0 atom stereocenters. The van der Waals surface area contributed by atoms with Crippen LogP contribution in [0, 0.1) is 17.0 Å². The zero-order valence-corrected chi connectivity index (χ0v) is 14.3. The highest BCUT2D eigenvalue weighted by atomic mass is 16.6. The maximum absolute atomic E-state index is 12.2. The molecule has 0 saturated heterocycles. The third-order valence-electron chi connectivity index (χ3n) is 3.76. The van der Waals surface area contributed by atoms with Crippen molar-refractivity contribution in [2.75, 3.05) is 10.6 Å². The standard InChI is InChI=1S/C19H15N3O5/c1-12-11-14(20-19(24)16-9-10-17(27-16)22(25)26)7-8-15(12)21-18(23)13-5-3-2-4-6-13/h2-11H,1H3,(H,20,24)(H,21,23). The second-order valence-electron chi connectivity index (χ2n) is 5.70. The van der Waals surface area contributed by atoms with E-state index in [2.05, 4.69) is 10.6 Å². The fourth-order valence-electron chi connectivity index (χ4n) is 2.41. The van der Waals surface area contributed by atoms with Crippen molar-refractivity contribution in [2.45, 2.75) is 6.92 Å². The van der Waals surface area contributed by atoms with E-state index >= 15 is 0 Å². The molecule has 2 aromatic carbocycles. The highest BCUT2D eigenvalue weighted by Crippen LogP contribution is 2.22. The molecular formula is C19H15N3O5. The van der Waals surface area contributed by atoms with Crippen molar-refractivity contribution in [3.05, 3.63) is 87.7 Å². The van der Waals surface area contributed by atoms with Crippen LogP contribution in [0.15, 0.2) is 65.1 Å². The number of hydrogen-bond acceptors (Lipinski definition) is 5. The summed E-state index contributed by atoms with van der Waals surface area (Å²) in [6.07, 6.45) is 0. The van der Waals surface area contributed by atoms with E-state index < -0.39 is 16.7 Å². The number of rotatable bonds is 5. The van der Waals surface area contributed by atoms with Crippen LogP contribution in [0.3, 0.4) is 0 Å². The van der Waals surface area contributed by atoms with Crippen LogP contribution in [-0.2, 0) is 0 Å². The quantitative estimate of drug-likeness (QED) is 0.524.